The Hall–Kier alpha value is -1.07. The van der Waals surface area contributed by atoms with Gasteiger partial charge in [0.1, 0.15) is 0 Å². The van der Waals surface area contributed by atoms with Crippen molar-refractivity contribution in [1.82, 2.24) is 0 Å². The van der Waals surface area contributed by atoms with Gasteiger partial charge < -0.3 is 9.47 Å². The van der Waals surface area contributed by atoms with Gasteiger partial charge in [-0.05, 0) is 30.4 Å². The van der Waals surface area contributed by atoms with E-state index in [-0.39, 0.29) is 13.2 Å². The van der Waals surface area contributed by atoms with Crippen molar-refractivity contribution in [2.45, 2.75) is 64.3 Å². The first-order chi connectivity index (χ1) is 11.0. The topological polar surface area (TPSA) is 18.5 Å². The normalized spacial score (nSPS) is 24.8. The highest BCUT2D eigenvalue weighted by Crippen LogP contribution is 2.27. The maximum Gasteiger partial charge on any atom is 0.162 e. The van der Waals surface area contributed by atoms with E-state index < -0.39 is 23.6 Å². The first-order valence-electron chi connectivity index (χ1n) is 8.37. The molecule has 2 nitrogen and oxygen atoms in total. The summed E-state index contributed by atoms with van der Waals surface area (Å²) in [5.74, 6) is -1.56. The second-order valence-electron chi connectivity index (χ2n) is 6.25. The Morgan fingerprint density at radius 2 is 1.57 bits per heavy atom. The van der Waals surface area contributed by atoms with Crippen LogP contribution in [0.3, 0.4) is 0 Å². The zero-order valence-corrected chi connectivity index (χ0v) is 13.8. The molecular weight excluding hydrogens is 305 g/mol. The molecule has 0 saturated carbocycles. The summed E-state index contributed by atoms with van der Waals surface area (Å²) in [6, 6.07) is 3.25. The lowest BCUT2D eigenvalue weighted by Crippen LogP contribution is -2.44. The fourth-order valence-electron chi connectivity index (χ4n) is 2.89. The minimum atomic E-state index is -1.43. The Kier molecular flexibility index (Phi) is 6.48. The lowest BCUT2D eigenvalue weighted by Gasteiger charge is -2.34. The van der Waals surface area contributed by atoms with E-state index in [0.29, 0.717) is 36.8 Å². The monoisotopic (exact) mass is 330 g/mol. The molecule has 0 radical (unpaired) electrons. The summed E-state index contributed by atoms with van der Waals surface area (Å²) in [7, 11) is 0. The molecule has 23 heavy (non-hydrogen) atoms. The summed E-state index contributed by atoms with van der Waals surface area (Å²) in [6.07, 6.45) is 2.53. The molecule has 0 N–H and O–H groups in total. The van der Waals surface area contributed by atoms with Crippen molar-refractivity contribution in [2.75, 3.05) is 13.2 Å². The highest BCUT2D eigenvalue weighted by molar-refractivity contribution is 5.26. The van der Waals surface area contributed by atoms with Gasteiger partial charge in [0, 0.05) is 6.42 Å². The number of hydrogen-bond acceptors (Lipinski definition) is 2. The third-order valence-electron chi connectivity index (χ3n) is 4.16. The Morgan fingerprint density at radius 3 is 2.09 bits per heavy atom. The van der Waals surface area contributed by atoms with Gasteiger partial charge in [-0.15, -0.1) is 0 Å². The standard InChI is InChI=1S/C18H25F3O2/c1-3-5-13-6-7-14(17(20)16(13)19)8-9-15-22-11-18(21,10-4-2)12-23-15/h6-7,15H,3-5,8-12H2,1-2H3. The third-order valence-corrected chi connectivity index (χ3v) is 4.16. The van der Waals surface area contributed by atoms with Crippen molar-refractivity contribution < 1.29 is 22.6 Å². The fraction of sp³-hybridized carbons (Fsp3) is 0.667. The molecule has 5 heteroatoms. The molecule has 1 fully saturated rings. The molecule has 1 aliphatic heterocycles. The van der Waals surface area contributed by atoms with Crippen molar-refractivity contribution in [3.05, 3.63) is 34.9 Å². The van der Waals surface area contributed by atoms with Crippen LogP contribution in [0.2, 0.25) is 0 Å². The van der Waals surface area contributed by atoms with Crippen molar-refractivity contribution in [3.8, 4) is 0 Å². The van der Waals surface area contributed by atoms with Crippen LogP contribution in [0.25, 0.3) is 0 Å². The van der Waals surface area contributed by atoms with Gasteiger partial charge in [0.15, 0.2) is 23.6 Å². The van der Waals surface area contributed by atoms with Crippen LogP contribution < -0.4 is 0 Å². The lowest BCUT2D eigenvalue weighted by molar-refractivity contribution is -0.236. The largest absolute Gasteiger partial charge is 0.349 e. The molecule has 130 valence electrons. The van der Waals surface area contributed by atoms with Crippen LogP contribution in [0, 0.1) is 11.6 Å². The number of benzene rings is 1. The van der Waals surface area contributed by atoms with Crippen LogP contribution in [0.15, 0.2) is 12.1 Å². The van der Waals surface area contributed by atoms with Crippen LogP contribution in [0.4, 0.5) is 13.2 Å². The summed E-state index contributed by atoms with van der Waals surface area (Å²) in [6.45, 7) is 3.83. The maximum atomic E-state index is 14.2. The second-order valence-corrected chi connectivity index (χ2v) is 6.25. The minimum absolute atomic E-state index is 0.00219. The third kappa shape index (κ3) is 4.70. The number of hydrogen-bond donors (Lipinski definition) is 0. The molecule has 0 spiro atoms. The first kappa shape index (κ1) is 18.3. The molecule has 2 rings (SSSR count). The van der Waals surface area contributed by atoms with Crippen LogP contribution in [-0.4, -0.2) is 25.2 Å². The quantitative estimate of drug-likeness (QED) is 0.719. The number of rotatable bonds is 7. The molecule has 0 bridgehead atoms. The molecule has 1 aliphatic rings. The van der Waals surface area contributed by atoms with Crippen molar-refractivity contribution in [3.63, 3.8) is 0 Å². The summed E-state index contributed by atoms with van der Waals surface area (Å²) in [5.41, 5.74) is -0.717. The van der Waals surface area contributed by atoms with Gasteiger partial charge in [0.25, 0.3) is 0 Å². The van der Waals surface area contributed by atoms with E-state index in [1.807, 2.05) is 13.8 Å². The van der Waals surface area contributed by atoms with Gasteiger partial charge in [-0.3, -0.25) is 0 Å². The molecule has 0 aromatic heterocycles. The SMILES string of the molecule is CCCc1ccc(CCC2OCC(F)(CCC)CO2)c(F)c1F. The van der Waals surface area contributed by atoms with E-state index in [1.165, 1.54) is 0 Å². The smallest absolute Gasteiger partial charge is 0.162 e. The molecular formula is C18H25F3O2. The van der Waals surface area contributed by atoms with Gasteiger partial charge in [-0.25, -0.2) is 13.2 Å². The number of aryl methyl sites for hydroxylation is 2. The second kappa shape index (κ2) is 8.15. The van der Waals surface area contributed by atoms with E-state index in [4.69, 9.17) is 9.47 Å². The zero-order chi connectivity index (χ0) is 16.9. The Balaban J connectivity index is 1.89. The van der Waals surface area contributed by atoms with E-state index in [0.717, 1.165) is 12.8 Å². The maximum absolute atomic E-state index is 14.2. The van der Waals surface area contributed by atoms with Gasteiger partial charge in [-0.2, -0.15) is 0 Å². The molecule has 0 unspecified atom stereocenters. The molecule has 1 saturated heterocycles. The summed E-state index contributed by atoms with van der Waals surface area (Å²) in [5, 5.41) is 0. The Labute approximate surface area is 136 Å². The average molecular weight is 330 g/mol. The number of alkyl halides is 1. The predicted octanol–water partition coefficient (Wildman–Crippen LogP) is 4.73. The minimum Gasteiger partial charge on any atom is -0.349 e. The van der Waals surface area contributed by atoms with Crippen LogP contribution >= 0.6 is 0 Å². The van der Waals surface area contributed by atoms with Gasteiger partial charge in [-0.1, -0.05) is 38.8 Å². The average Bonchev–Trinajstić information content (AvgIpc) is 2.53. The molecule has 0 atom stereocenters. The van der Waals surface area contributed by atoms with Crippen LogP contribution in [0.5, 0.6) is 0 Å². The number of halogens is 3. The summed E-state index contributed by atoms with van der Waals surface area (Å²) >= 11 is 0. The highest BCUT2D eigenvalue weighted by Gasteiger charge is 2.36. The fourth-order valence-corrected chi connectivity index (χ4v) is 2.89. The molecule has 0 amide bonds. The molecule has 0 aliphatic carbocycles. The summed E-state index contributed by atoms with van der Waals surface area (Å²) < 4.78 is 52.9. The highest BCUT2D eigenvalue weighted by atomic mass is 19.2. The molecule has 1 aromatic carbocycles. The summed E-state index contributed by atoms with van der Waals surface area (Å²) in [4.78, 5) is 0. The Bertz CT molecular complexity index is 511. The van der Waals surface area contributed by atoms with Crippen molar-refractivity contribution in [1.29, 1.82) is 0 Å². The van der Waals surface area contributed by atoms with Crippen molar-refractivity contribution in [2.24, 2.45) is 0 Å². The first-order valence-corrected chi connectivity index (χ1v) is 8.37. The van der Waals surface area contributed by atoms with Gasteiger partial charge >= 0.3 is 0 Å². The molecule has 1 heterocycles. The van der Waals surface area contributed by atoms with Crippen LogP contribution in [-0.2, 0) is 22.3 Å². The number of ether oxygens (including phenoxy) is 2. The van der Waals surface area contributed by atoms with Gasteiger partial charge in [0.05, 0.1) is 13.2 Å². The van der Waals surface area contributed by atoms with Gasteiger partial charge in [0.2, 0.25) is 0 Å². The van der Waals surface area contributed by atoms with E-state index >= 15 is 0 Å². The Morgan fingerprint density at radius 1 is 1.00 bits per heavy atom. The zero-order valence-electron chi connectivity index (χ0n) is 13.8. The predicted molar refractivity (Wildman–Crippen MR) is 83.1 cm³/mol. The van der Waals surface area contributed by atoms with Crippen molar-refractivity contribution >= 4 is 0 Å². The van der Waals surface area contributed by atoms with Crippen LogP contribution in [0.1, 0.15) is 50.7 Å². The van der Waals surface area contributed by atoms with E-state index in [2.05, 4.69) is 0 Å². The lowest BCUT2D eigenvalue weighted by atomic mass is 10.0. The molecule has 1 aromatic rings. The van der Waals surface area contributed by atoms with E-state index in [9.17, 15) is 13.2 Å². The van der Waals surface area contributed by atoms with E-state index in [1.54, 1.807) is 12.1 Å².